The number of para-hydroxylation sites is 2. The third-order valence-corrected chi connectivity index (χ3v) is 13.6. The second kappa shape index (κ2) is 11.6. The Hall–Kier alpha value is -6.85. The Bertz CT molecular complexity index is 3480. The molecule has 0 radical (unpaired) electrons. The topological polar surface area (TPSA) is 33.6 Å². The summed E-state index contributed by atoms with van der Waals surface area (Å²) in [5, 5.41) is 20.4. The first-order valence-corrected chi connectivity index (χ1v) is 19.9. The molecule has 0 aliphatic heterocycles. The summed E-state index contributed by atoms with van der Waals surface area (Å²) in [4.78, 5) is 0. The monoisotopic (exact) mass is 757 g/mol. The van der Waals surface area contributed by atoms with Crippen LogP contribution in [0, 0.1) is 23.0 Å². The van der Waals surface area contributed by atoms with Gasteiger partial charge in [-0.25, -0.2) is 8.78 Å². The third kappa shape index (κ3) is 4.28. The van der Waals surface area contributed by atoms with Gasteiger partial charge in [0.2, 0.25) is 0 Å². The van der Waals surface area contributed by atoms with Crippen molar-refractivity contribution in [3.63, 3.8) is 0 Å². The van der Waals surface area contributed by atoms with Gasteiger partial charge in [-0.1, -0.05) is 97.1 Å². The summed E-state index contributed by atoms with van der Waals surface area (Å²) in [6.07, 6.45) is 0. The zero-order valence-electron chi connectivity index (χ0n) is 29.3. The fraction of sp³-hybridized carbons (Fsp3) is 0. The summed E-state index contributed by atoms with van der Waals surface area (Å²) in [5.74, 6) is -1.33. The van der Waals surface area contributed by atoms with Crippen LogP contribution in [0.1, 0.15) is 5.56 Å². The van der Waals surface area contributed by atoms with Crippen LogP contribution < -0.4 is 0 Å². The van der Waals surface area contributed by atoms with E-state index in [1.807, 2.05) is 36.4 Å². The van der Waals surface area contributed by atoms with Gasteiger partial charge in [0.1, 0.15) is 23.3 Å². The van der Waals surface area contributed by atoms with Gasteiger partial charge in [0, 0.05) is 58.6 Å². The molecule has 8 aromatic carbocycles. The Morgan fingerprint density at radius 1 is 0.429 bits per heavy atom. The van der Waals surface area contributed by atoms with Crippen LogP contribution in [-0.2, 0) is 0 Å². The Morgan fingerprint density at radius 2 is 0.839 bits per heavy atom. The van der Waals surface area contributed by atoms with E-state index in [0.717, 1.165) is 69.9 Å². The van der Waals surface area contributed by atoms with Gasteiger partial charge in [-0.15, -0.1) is 22.7 Å². The Morgan fingerprint density at radius 3 is 1.32 bits per heavy atom. The number of benzene rings is 8. The van der Waals surface area contributed by atoms with E-state index in [1.165, 1.54) is 32.3 Å². The predicted molar refractivity (Wildman–Crippen MR) is 231 cm³/mol. The molecule has 0 atom stereocenters. The van der Waals surface area contributed by atoms with Crippen LogP contribution >= 0.6 is 22.7 Å². The molecule has 262 valence electrons. The van der Waals surface area contributed by atoms with Crippen LogP contribution in [0.4, 0.5) is 8.78 Å². The molecule has 0 bridgehead atoms. The van der Waals surface area contributed by atoms with Gasteiger partial charge in [-0.3, -0.25) is 0 Å². The Labute approximate surface area is 325 Å². The highest BCUT2D eigenvalue weighted by molar-refractivity contribution is 7.27. The number of nitriles is 1. The molecule has 0 amide bonds. The zero-order valence-corrected chi connectivity index (χ0v) is 31.0. The number of halogens is 2. The molecule has 3 nitrogen and oxygen atoms in total. The van der Waals surface area contributed by atoms with E-state index >= 15 is 8.78 Å². The molecular weight excluding hydrogens is 733 g/mol. The molecule has 7 heteroatoms. The highest BCUT2D eigenvalue weighted by Gasteiger charge is 2.25. The maximum absolute atomic E-state index is 15.1. The van der Waals surface area contributed by atoms with E-state index < -0.39 is 11.6 Å². The number of hydrogen-bond acceptors (Lipinski definition) is 3. The molecule has 56 heavy (non-hydrogen) atoms. The van der Waals surface area contributed by atoms with Crippen LogP contribution in [0.15, 0.2) is 152 Å². The van der Waals surface area contributed by atoms with Gasteiger partial charge in [-0.05, 0) is 59.7 Å². The first-order valence-electron chi connectivity index (χ1n) is 18.3. The predicted octanol–water partition coefficient (Wildman–Crippen LogP) is 14.4. The zero-order chi connectivity index (χ0) is 37.2. The quantitative estimate of drug-likeness (QED) is 0.177. The highest BCUT2D eigenvalue weighted by atomic mass is 32.1. The summed E-state index contributed by atoms with van der Waals surface area (Å²) in [6, 6.07) is 52.3. The van der Waals surface area contributed by atoms with Gasteiger partial charge in [0.05, 0.1) is 42.8 Å². The van der Waals surface area contributed by atoms with Gasteiger partial charge < -0.3 is 9.13 Å². The van der Waals surface area contributed by atoms with E-state index in [-0.39, 0.29) is 0 Å². The molecule has 0 unspecified atom stereocenters. The molecule has 0 saturated carbocycles. The summed E-state index contributed by atoms with van der Waals surface area (Å²) in [5.41, 5.74) is 6.55. The van der Waals surface area contributed by atoms with Crippen molar-refractivity contribution in [3.8, 4) is 28.6 Å². The van der Waals surface area contributed by atoms with Gasteiger partial charge in [0.25, 0.3) is 0 Å². The minimum Gasteiger partial charge on any atom is -0.306 e. The van der Waals surface area contributed by atoms with Crippen molar-refractivity contribution in [1.29, 1.82) is 5.26 Å². The van der Waals surface area contributed by atoms with Crippen molar-refractivity contribution in [2.75, 3.05) is 0 Å². The molecule has 4 aromatic heterocycles. The van der Waals surface area contributed by atoms with Crippen LogP contribution in [-0.4, -0.2) is 9.13 Å². The van der Waals surface area contributed by atoms with Crippen molar-refractivity contribution in [1.82, 2.24) is 9.13 Å². The van der Waals surface area contributed by atoms with Gasteiger partial charge >= 0.3 is 0 Å². The lowest BCUT2D eigenvalue weighted by atomic mass is 9.99. The van der Waals surface area contributed by atoms with Crippen LogP contribution in [0.2, 0.25) is 0 Å². The smallest absolute Gasteiger partial charge is 0.126 e. The lowest BCUT2D eigenvalue weighted by Gasteiger charge is -2.19. The molecule has 12 rings (SSSR count). The molecule has 0 fully saturated rings. The minimum absolute atomic E-state index is 0.384. The van der Waals surface area contributed by atoms with E-state index in [0.29, 0.717) is 28.1 Å². The molecular formula is C49H25F2N3S2. The van der Waals surface area contributed by atoms with Crippen LogP contribution in [0.3, 0.4) is 0 Å². The number of fused-ring (bicyclic) bond motifs is 14. The fourth-order valence-corrected chi connectivity index (χ4v) is 11.4. The maximum atomic E-state index is 15.1. The average Bonchev–Trinajstić information content (AvgIpc) is 3.97. The fourth-order valence-electron chi connectivity index (χ4n) is 8.93. The van der Waals surface area contributed by atoms with E-state index in [4.69, 9.17) is 0 Å². The number of aromatic nitrogens is 2. The number of rotatable bonds is 3. The van der Waals surface area contributed by atoms with Crippen molar-refractivity contribution >= 4 is 107 Å². The van der Waals surface area contributed by atoms with Gasteiger partial charge in [-0.2, -0.15) is 5.26 Å². The highest BCUT2D eigenvalue weighted by Crippen LogP contribution is 2.47. The van der Waals surface area contributed by atoms with Crippen LogP contribution in [0.5, 0.6) is 0 Å². The van der Waals surface area contributed by atoms with Crippen molar-refractivity contribution in [2.24, 2.45) is 0 Å². The lowest BCUT2D eigenvalue weighted by molar-refractivity contribution is 0.584. The lowest BCUT2D eigenvalue weighted by Crippen LogP contribution is -2.05. The number of nitrogens with zero attached hydrogens (tertiary/aromatic N) is 3. The summed E-state index contributed by atoms with van der Waals surface area (Å²) >= 11 is 3.47. The van der Waals surface area contributed by atoms with E-state index in [2.05, 4.69) is 112 Å². The summed E-state index contributed by atoms with van der Waals surface area (Å²) < 4.78 is 39.2. The minimum atomic E-state index is -0.667. The molecule has 0 spiro atoms. The Kier molecular flexibility index (Phi) is 6.51. The SMILES string of the molecule is N#Cc1c(-n2c3ccccc3c3ccc4c5ccccc5sc4c32)cc(-c2cc(F)cc(F)c2)cc1-n1c2ccccc2c2ccc3c4ccccc4sc3c21. The molecule has 12 aromatic rings. The molecule has 0 saturated heterocycles. The van der Waals surface area contributed by atoms with E-state index in [9.17, 15) is 5.26 Å². The van der Waals surface area contributed by atoms with Gasteiger partial charge in [0.15, 0.2) is 0 Å². The standard InChI is InChI=1S/C49H25F2N3S2/c50-29-21-27(22-30(51)25-29)28-23-42(53-40-13-5-1-9-31(40)35-17-19-37-33-11-3-7-15-44(33)55-48(37)46(35)53)39(26-52)43(24-28)54-41-14-6-2-10-32(41)36-18-20-38-34-12-4-8-16-45(34)56-49(38)47(36)54/h1-25H. The van der Waals surface area contributed by atoms with Crippen LogP contribution in [0.25, 0.3) is 106 Å². The average molecular weight is 758 g/mol. The Balaban J connectivity index is 1.30. The largest absolute Gasteiger partial charge is 0.306 e. The molecule has 0 N–H and O–H groups in total. The van der Waals surface area contributed by atoms with Crippen molar-refractivity contribution in [3.05, 3.63) is 169 Å². The molecule has 4 heterocycles. The molecule has 0 aliphatic carbocycles. The second-order valence-corrected chi connectivity index (χ2v) is 16.3. The van der Waals surface area contributed by atoms with Crippen molar-refractivity contribution in [2.45, 2.75) is 0 Å². The molecule has 0 aliphatic rings. The normalized spacial score (nSPS) is 12.1. The number of hydrogen-bond donors (Lipinski definition) is 0. The first-order chi connectivity index (χ1) is 27.6. The first kappa shape index (κ1) is 31.5. The van der Waals surface area contributed by atoms with Crippen molar-refractivity contribution < 1.29 is 8.78 Å². The summed E-state index contributed by atoms with van der Waals surface area (Å²) in [7, 11) is 0. The summed E-state index contributed by atoms with van der Waals surface area (Å²) in [6.45, 7) is 0. The number of thiophene rings is 2. The third-order valence-electron chi connectivity index (χ3n) is 11.2. The van der Waals surface area contributed by atoms with E-state index in [1.54, 1.807) is 22.7 Å². The maximum Gasteiger partial charge on any atom is 0.126 e. The second-order valence-electron chi connectivity index (χ2n) is 14.2.